The molecule has 1 heterocycles. The first kappa shape index (κ1) is 14.9. The molecule has 0 amide bonds. The van der Waals surface area contributed by atoms with Gasteiger partial charge in [-0.1, -0.05) is 35.3 Å². The van der Waals surface area contributed by atoms with E-state index >= 15 is 0 Å². The van der Waals surface area contributed by atoms with Gasteiger partial charge in [-0.3, -0.25) is 0 Å². The average Bonchev–Trinajstić information content (AvgIpc) is 2.75. The van der Waals surface area contributed by atoms with E-state index in [0.29, 0.717) is 16.6 Å². The maximum Gasteiger partial charge on any atom is 0.203 e. The van der Waals surface area contributed by atoms with Gasteiger partial charge < -0.3 is 9.88 Å². The summed E-state index contributed by atoms with van der Waals surface area (Å²) in [6.45, 7) is 7.17. The molecule has 5 heteroatoms. The lowest BCUT2D eigenvalue weighted by molar-refractivity contribution is 0.701. The van der Waals surface area contributed by atoms with Gasteiger partial charge in [-0.2, -0.15) is 0 Å². The van der Waals surface area contributed by atoms with Crippen molar-refractivity contribution in [3.63, 3.8) is 0 Å². The van der Waals surface area contributed by atoms with Gasteiger partial charge in [0.1, 0.15) is 0 Å². The molecular formula is C15H17Cl2N3. The number of halogens is 2. The Morgan fingerprint density at radius 2 is 2.20 bits per heavy atom. The van der Waals surface area contributed by atoms with E-state index in [-0.39, 0.29) is 0 Å². The van der Waals surface area contributed by atoms with Gasteiger partial charge in [0, 0.05) is 29.3 Å². The van der Waals surface area contributed by atoms with Crippen molar-refractivity contribution in [1.82, 2.24) is 9.55 Å². The van der Waals surface area contributed by atoms with Crippen LogP contribution in [0.25, 0.3) is 0 Å². The Morgan fingerprint density at radius 1 is 1.40 bits per heavy atom. The fourth-order valence-corrected chi connectivity index (χ4v) is 2.49. The highest BCUT2D eigenvalue weighted by Crippen LogP contribution is 2.22. The molecule has 1 aromatic carbocycles. The van der Waals surface area contributed by atoms with Gasteiger partial charge in [-0.25, -0.2) is 4.98 Å². The van der Waals surface area contributed by atoms with Crippen LogP contribution in [0.1, 0.15) is 11.3 Å². The summed E-state index contributed by atoms with van der Waals surface area (Å²) >= 11 is 12.1. The normalized spacial score (nSPS) is 10.6. The quantitative estimate of drug-likeness (QED) is 0.804. The van der Waals surface area contributed by atoms with Crippen molar-refractivity contribution >= 4 is 29.2 Å². The first-order chi connectivity index (χ1) is 9.60. The van der Waals surface area contributed by atoms with Crippen molar-refractivity contribution in [3.05, 3.63) is 58.4 Å². The van der Waals surface area contributed by atoms with Crippen LogP contribution in [0.4, 0.5) is 5.95 Å². The van der Waals surface area contributed by atoms with Gasteiger partial charge in [-0.15, -0.1) is 6.58 Å². The van der Waals surface area contributed by atoms with E-state index in [1.165, 1.54) is 0 Å². The number of nitrogens with zero attached hydrogens (tertiary/aromatic N) is 2. The molecular weight excluding hydrogens is 293 g/mol. The lowest BCUT2D eigenvalue weighted by Gasteiger charge is -2.09. The number of anilines is 1. The molecule has 1 N–H and O–H groups in total. The summed E-state index contributed by atoms with van der Waals surface area (Å²) in [6, 6.07) is 5.60. The van der Waals surface area contributed by atoms with Crippen LogP contribution >= 0.6 is 23.2 Å². The standard InChI is InChI=1S/C15H17Cl2N3/c1-3-7-18-15-19-11(2)10-20(15)8-6-12-4-5-13(16)9-14(12)17/h3-5,9-10H,1,6-8H2,2H3,(H,18,19). The molecule has 2 aromatic rings. The summed E-state index contributed by atoms with van der Waals surface area (Å²) in [7, 11) is 0. The van der Waals surface area contributed by atoms with E-state index < -0.39 is 0 Å². The molecule has 0 unspecified atom stereocenters. The Bertz CT molecular complexity index is 605. The predicted octanol–water partition coefficient (Wildman–Crippen LogP) is 4.34. The monoisotopic (exact) mass is 309 g/mol. The minimum Gasteiger partial charge on any atom is -0.352 e. The van der Waals surface area contributed by atoms with Crippen molar-refractivity contribution in [2.45, 2.75) is 19.9 Å². The number of hydrogen-bond acceptors (Lipinski definition) is 2. The smallest absolute Gasteiger partial charge is 0.203 e. The zero-order valence-corrected chi connectivity index (χ0v) is 12.9. The number of hydrogen-bond donors (Lipinski definition) is 1. The van der Waals surface area contributed by atoms with Crippen LogP contribution in [0.2, 0.25) is 10.0 Å². The van der Waals surface area contributed by atoms with E-state index in [1.807, 2.05) is 31.3 Å². The third kappa shape index (κ3) is 3.78. The summed E-state index contributed by atoms with van der Waals surface area (Å²) < 4.78 is 2.09. The zero-order chi connectivity index (χ0) is 14.5. The molecule has 0 atom stereocenters. The first-order valence-electron chi connectivity index (χ1n) is 6.42. The molecule has 0 saturated heterocycles. The van der Waals surface area contributed by atoms with Gasteiger partial charge >= 0.3 is 0 Å². The SMILES string of the molecule is C=CCNc1nc(C)cn1CCc1ccc(Cl)cc1Cl. The number of aromatic nitrogens is 2. The number of aryl methyl sites for hydroxylation is 3. The second kappa shape index (κ2) is 6.82. The molecule has 0 aliphatic carbocycles. The van der Waals surface area contributed by atoms with Gasteiger partial charge in [0.15, 0.2) is 0 Å². The molecule has 0 aliphatic rings. The van der Waals surface area contributed by atoms with E-state index in [9.17, 15) is 0 Å². The Kier molecular flexibility index (Phi) is 5.10. The second-order valence-electron chi connectivity index (χ2n) is 4.55. The van der Waals surface area contributed by atoms with Crippen molar-refractivity contribution in [3.8, 4) is 0 Å². The first-order valence-corrected chi connectivity index (χ1v) is 7.18. The molecule has 0 radical (unpaired) electrons. The van der Waals surface area contributed by atoms with Crippen molar-refractivity contribution in [2.24, 2.45) is 0 Å². The summed E-state index contributed by atoms with van der Waals surface area (Å²) in [4.78, 5) is 4.45. The fourth-order valence-electron chi connectivity index (χ4n) is 1.99. The van der Waals surface area contributed by atoms with Crippen LogP contribution in [0.3, 0.4) is 0 Å². The van der Waals surface area contributed by atoms with Gasteiger partial charge in [0.25, 0.3) is 0 Å². The third-order valence-corrected chi connectivity index (χ3v) is 3.53. The van der Waals surface area contributed by atoms with Gasteiger partial charge in [0.05, 0.1) is 5.69 Å². The highest BCUT2D eigenvalue weighted by Gasteiger charge is 2.06. The number of rotatable bonds is 6. The van der Waals surface area contributed by atoms with E-state index in [0.717, 1.165) is 30.2 Å². The molecule has 0 saturated carbocycles. The molecule has 3 nitrogen and oxygen atoms in total. The molecule has 0 fully saturated rings. The van der Waals surface area contributed by atoms with Crippen molar-refractivity contribution in [2.75, 3.05) is 11.9 Å². The van der Waals surface area contributed by atoms with Gasteiger partial charge in [-0.05, 0) is 31.0 Å². The molecule has 0 spiro atoms. The Morgan fingerprint density at radius 3 is 2.90 bits per heavy atom. The molecule has 0 bridgehead atoms. The third-order valence-electron chi connectivity index (χ3n) is 2.94. The minimum atomic E-state index is 0.658. The maximum absolute atomic E-state index is 6.19. The number of nitrogens with one attached hydrogen (secondary N) is 1. The van der Waals surface area contributed by atoms with Crippen LogP contribution in [0.15, 0.2) is 37.1 Å². The highest BCUT2D eigenvalue weighted by molar-refractivity contribution is 6.35. The zero-order valence-electron chi connectivity index (χ0n) is 11.4. The molecule has 0 aliphatic heterocycles. The van der Waals surface area contributed by atoms with Crippen LogP contribution in [0, 0.1) is 6.92 Å². The van der Waals surface area contributed by atoms with Crippen LogP contribution < -0.4 is 5.32 Å². The van der Waals surface area contributed by atoms with E-state index in [2.05, 4.69) is 21.4 Å². The summed E-state index contributed by atoms with van der Waals surface area (Å²) in [6.07, 6.45) is 4.66. The van der Waals surface area contributed by atoms with Crippen molar-refractivity contribution in [1.29, 1.82) is 0 Å². The Labute approximate surface area is 129 Å². The molecule has 1 aromatic heterocycles. The average molecular weight is 310 g/mol. The van der Waals surface area contributed by atoms with Crippen molar-refractivity contribution < 1.29 is 0 Å². The second-order valence-corrected chi connectivity index (χ2v) is 5.40. The molecule has 20 heavy (non-hydrogen) atoms. The number of imidazole rings is 1. The Hall–Kier alpha value is -1.45. The summed E-state index contributed by atoms with van der Waals surface area (Å²) in [5.74, 6) is 0.854. The van der Waals surface area contributed by atoms with E-state index in [1.54, 1.807) is 6.07 Å². The lowest BCUT2D eigenvalue weighted by atomic mass is 10.1. The van der Waals surface area contributed by atoms with Crippen LogP contribution in [-0.2, 0) is 13.0 Å². The van der Waals surface area contributed by atoms with Crippen LogP contribution in [-0.4, -0.2) is 16.1 Å². The number of benzene rings is 1. The van der Waals surface area contributed by atoms with Gasteiger partial charge in [0.2, 0.25) is 5.95 Å². The van der Waals surface area contributed by atoms with E-state index in [4.69, 9.17) is 23.2 Å². The summed E-state index contributed by atoms with van der Waals surface area (Å²) in [5.41, 5.74) is 2.07. The summed E-state index contributed by atoms with van der Waals surface area (Å²) in [5, 5.41) is 4.59. The highest BCUT2D eigenvalue weighted by atomic mass is 35.5. The van der Waals surface area contributed by atoms with Crippen LogP contribution in [0.5, 0.6) is 0 Å². The molecule has 2 rings (SSSR count). The predicted molar refractivity (Wildman–Crippen MR) is 85.8 cm³/mol. The fraction of sp³-hybridized carbons (Fsp3) is 0.267. The maximum atomic E-state index is 6.19. The lowest BCUT2D eigenvalue weighted by Crippen LogP contribution is -2.08. The topological polar surface area (TPSA) is 29.9 Å². The largest absolute Gasteiger partial charge is 0.352 e. The molecule has 106 valence electrons. The minimum absolute atomic E-state index is 0.658. The Balaban J connectivity index is 2.08.